The molecular weight excluding hydrogens is 302 g/mol. The zero-order valence-corrected chi connectivity index (χ0v) is 14.2. The minimum Gasteiger partial charge on any atom is -0.379 e. The summed E-state index contributed by atoms with van der Waals surface area (Å²) in [5, 5.41) is 6.03. The van der Waals surface area contributed by atoms with Crippen molar-refractivity contribution in [3.05, 3.63) is 42.0 Å². The summed E-state index contributed by atoms with van der Waals surface area (Å²) in [5.41, 5.74) is 2.04. The Balaban J connectivity index is 1.51. The largest absolute Gasteiger partial charge is 0.379 e. The number of carbonyl (C=O) groups excluding carboxylic acids is 1. The van der Waals surface area contributed by atoms with Gasteiger partial charge in [0, 0.05) is 31.9 Å². The molecule has 3 rings (SSSR count). The highest BCUT2D eigenvalue weighted by atomic mass is 16.5. The van der Waals surface area contributed by atoms with Crippen LogP contribution in [0.1, 0.15) is 24.8 Å². The van der Waals surface area contributed by atoms with Crippen LogP contribution in [0.15, 0.2) is 36.4 Å². The normalized spacial score (nSPS) is 21.4. The number of para-hydroxylation sites is 1. The van der Waals surface area contributed by atoms with Crippen LogP contribution >= 0.6 is 0 Å². The smallest absolute Gasteiger partial charge is 0.319 e. The van der Waals surface area contributed by atoms with Crippen LogP contribution < -0.4 is 10.6 Å². The molecule has 130 valence electrons. The van der Waals surface area contributed by atoms with Crippen molar-refractivity contribution in [3.8, 4) is 0 Å². The third-order valence-corrected chi connectivity index (χ3v) is 4.69. The van der Waals surface area contributed by atoms with Gasteiger partial charge in [-0.15, -0.1) is 0 Å². The highest BCUT2D eigenvalue weighted by Gasteiger charge is 2.15. The van der Waals surface area contributed by atoms with Crippen molar-refractivity contribution in [3.63, 3.8) is 0 Å². The summed E-state index contributed by atoms with van der Waals surface area (Å²) in [5.74, 6) is 0.560. The molecule has 0 aromatic heterocycles. The number of anilines is 1. The molecule has 0 unspecified atom stereocenters. The topological polar surface area (TPSA) is 53.6 Å². The molecule has 0 radical (unpaired) electrons. The summed E-state index contributed by atoms with van der Waals surface area (Å²) in [6.45, 7) is 5.03. The van der Waals surface area contributed by atoms with Gasteiger partial charge in [-0.2, -0.15) is 0 Å². The average molecular weight is 329 g/mol. The fraction of sp³-hybridized carbons (Fsp3) is 0.526. The standard InChI is InChI=1S/C19H27N3O2/c23-19(20-14-16-6-2-1-3-7-16)21-18-9-5-4-8-17(18)15-22-10-12-24-13-11-22/h1-2,4-5,8-9,16H,3,6-7,10-15H2,(H2,20,21,23)/t16-/m0/s1. The molecule has 24 heavy (non-hydrogen) atoms. The molecule has 1 aliphatic heterocycles. The third-order valence-electron chi connectivity index (χ3n) is 4.69. The Morgan fingerprint density at radius 2 is 2.04 bits per heavy atom. The molecule has 2 amide bonds. The van der Waals surface area contributed by atoms with E-state index in [1.54, 1.807) is 0 Å². The molecule has 5 heteroatoms. The van der Waals surface area contributed by atoms with E-state index in [0.29, 0.717) is 5.92 Å². The number of nitrogens with zero attached hydrogens (tertiary/aromatic N) is 1. The number of hydrogen-bond acceptors (Lipinski definition) is 3. The van der Waals surface area contributed by atoms with E-state index in [-0.39, 0.29) is 6.03 Å². The maximum Gasteiger partial charge on any atom is 0.319 e. The Kier molecular flexibility index (Phi) is 6.26. The maximum absolute atomic E-state index is 12.2. The van der Waals surface area contributed by atoms with Crippen LogP contribution in [-0.2, 0) is 11.3 Å². The van der Waals surface area contributed by atoms with Gasteiger partial charge < -0.3 is 15.4 Å². The molecule has 1 atom stereocenters. The molecule has 1 heterocycles. The van der Waals surface area contributed by atoms with Crippen molar-refractivity contribution in [1.29, 1.82) is 0 Å². The Bertz CT molecular complexity index is 567. The molecule has 1 fully saturated rings. The van der Waals surface area contributed by atoms with Crippen molar-refractivity contribution < 1.29 is 9.53 Å². The molecule has 1 aromatic rings. The van der Waals surface area contributed by atoms with Gasteiger partial charge in [0.25, 0.3) is 0 Å². The zero-order chi connectivity index (χ0) is 16.6. The van der Waals surface area contributed by atoms with Gasteiger partial charge in [-0.1, -0.05) is 30.4 Å². The van der Waals surface area contributed by atoms with Crippen molar-refractivity contribution in [2.24, 2.45) is 5.92 Å². The first-order valence-electron chi connectivity index (χ1n) is 8.89. The predicted molar refractivity (Wildman–Crippen MR) is 96.0 cm³/mol. The fourth-order valence-corrected chi connectivity index (χ4v) is 3.23. The molecule has 1 aromatic carbocycles. The summed E-state index contributed by atoms with van der Waals surface area (Å²) < 4.78 is 5.40. The minimum atomic E-state index is -0.112. The van der Waals surface area contributed by atoms with Crippen molar-refractivity contribution >= 4 is 11.7 Å². The molecule has 0 spiro atoms. The number of carbonyl (C=O) groups is 1. The summed E-state index contributed by atoms with van der Waals surface area (Å²) >= 11 is 0. The van der Waals surface area contributed by atoms with Crippen molar-refractivity contribution in [1.82, 2.24) is 10.2 Å². The number of morpholine rings is 1. The Morgan fingerprint density at radius 3 is 2.83 bits per heavy atom. The van der Waals surface area contributed by atoms with Crippen LogP contribution in [0.5, 0.6) is 0 Å². The van der Waals surface area contributed by atoms with Crippen LogP contribution in [0.4, 0.5) is 10.5 Å². The molecular formula is C19H27N3O2. The van der Waals surface area contributed by atoms with Gasteiger partial charge in [-0.25, -0.2) is 4.79 Å². The molecule has 1 aliphatic carbocycles. The lowest BCUT2D eigenvalue weighted by Gasteiger charge is -2.27. The lowest BCUT2D eigenvalue weighted by Crippen LogP contribution is -2.36. The fourth-order valence-electron chi connectivity index (χ4n) is 3.23. The Labute approximate surface area is 144 Å². The minimum absolute atomic E-state index is 0.112. The highest BCUT2D eigenvalue weighted by molar-refractivity contribution is 5.90. The van der Waals surface area contributed by atoms with Crippen molar-refractivity contribution in [2.45, 2.75) is 25.8 Å². The quantitative estimate of drug-likeness (QED) is 0.817. The van der Waals surface area contributed by atoms with Crippen LogP contribution in [0.3, 0.4) is 0 Å². The number of amides is 2. The van der Waals surface area contributed by atoms with E-state index in [0.717, 1.165) is 69.9 Å². The second kappa shape index (κ2) is 8.85. The van der Waals surface area contributed by atoms with Crippen molar-refractivity contribution in [2.75, 3.05) is 38.2 Å². The zero-order valence-electron chi connectivity index (χ0n) is 14.2. The average Bonchev–Trinajstić information content (AvgIpc) is 2.63. The monoisotopic (exact) mass is 329 g/mol. The van der Waals surface area contributed by atoms with E-state index < -0.39 is 0 Å². The van der Waals surface area contributed by atoms with Crippen LogP contribution in [-0.4, -0.2) is 43.8 Å². The maximum atomic E-state index is 12.2. The number of allylic oxidation sites excluding steroid dienone is 2. The van der Waals surface area contributed by atoms with Crippen LogP contribution in [0.25, 0.3) is 0 Å². The number of hydrogen-bond donors (Lipinski definition) is 2. The van der Waals surface area contributed by atoms with E-state index >= 15 is 0 Å². The highest BCUT2D eigenvalue weighted by Crippen LogP contribution is 2.19. The van der Waals surface area contributed by atoms with Gasteiger partial charge in [0.05, 0.1) is 13.2 Å². The van der Waals surface area contributed by atoms with E-state index in [4.69, 9.17) is 4.74 Å². The van der Waals surface area contributed by atoms with Gasteiger partial charge in [-0.05, 0) is 36.8 Å². The van der Waals surface area contributed by atoms with E-state index in [1.165, 1.54) is 0 Å². The predicted octanol–water partition coefficient (Wildman–Crippen LogP) is 3.00. The number of urea groups is 1. The van der Waals surface area contributed by atoms with Crippen LogP contribution in [0.2, 0.25) is 0 Å². The number of rotatable bonds is 5. The lowest BCUT2D eigenvalue weighted by molar-refractivity contribution is 0.0343. The SMILES string of the molecule is O=C(NC[C@H]1CC=CCC1)Nc1ccccc1CN1CCOCC1. The van der Waals surface area contributed by atoms with Gasteiger partial charge in [0.15, 0.2) is 0 Å². The first-order valence-corrected chi connectivity index (χ1v) is 8.89. The van der Waals surface area contributed by atoms with E-state index in [2.05, 4.69) is 33.8 Å². The van der Waals surface area contributed by atoms with E-state index in [1.807, 2.05) is 18.2 Å². The summed E-state index contributed by atoms with van der Waals surface area (Å²) in [6, 6.07) is 7.92. The molecule has 0 saturated carbocycles. The Hall–Kier alpha value is -1.85. The summed E-state index contributed by atoms with van der Waals surface area (Å²) in [4.78, 5) is 14.6. The van der Waals surface area contributed by atoms with E-state index in [9.17, 15) is 4.79 Å². The van der Waals surface area contributed by atoms with Gasteiger partial charge >= 0.3 is 6.03 Å². The number of nitrogens with one attached hydrogen (secondary N) is 2. The second-order valence-corrected chi connectivity index (χ2v) is 6.53. The molecule has 0 bridgehead atoms. The number of benzene rings is 1. The van der Waals surface area contributed by atoms with Crippen LogP contribution in [0, 0.1) is 5.92 Å². The third kappa shape index (κ3) is 5.08. The van der Waals surface area contributed by atoms with Gasteiger partial charge in [0.1, 0.15) is 0 Å². The first-order chi connectivity index (χ1) is 11.8. The summed E-state index contributed by atoms with van der Waals surface area (Å²) in [6.07, 6.45) is 7.78. The molecule has 2 aliphatic rings. The molecule has 1 saturated heterocycles. The van der Waals surface area contributed by atoms with Gasteiger partial charge in [0.2, 0.25) is 0 Å². The second-order valence-electron chi connectivity index (χ2n) is 6.53. The molecule has 5 nitrogen and oxygen atoms in total. The first kappa shape index (κ1) is 17.0. The van der Waals surface area contributed by atoms with Gasteiger partial charge in [-0.3, -0.25) is 4.90 Å². The molecule has 2 N–H and O–H groups in total. The number of ether oxygens (including phenoxy) is 1. The Morgan fingerprint density at radius 1 is 1.21 bits per heavy atom. The summed E-state index contributed by atoms with van der Waals surface area (Å²) in [7, 11) is 0. The lowest BCUT2D eigenvalue weighted by atomic mass is 9.94.